The maximum atomic E-state index is 9.84. The van der Waals surface area contributed by atoms with E-state index in [2.05, 4.69) is 42.2 Å². The van der Waals surface area contributed by atoms with Crippen LogP contribution in [0.25, 0.3) is 22.7 Å². The van der Waals surface area contributed by atoms with E-state index >= 15 is 0 Å². The Morgan fingerprint density at radius 2 is 1.79 bits per heavy atom. The van der Waals surface area contributed by atoms with Gasteiger partial charge in [-0.15, -0.1) is 0 Å². The predicted octanol–water partition coefficient (Wildman–Crippen LogP) is 4.81. The highest BCUT2D eigenvalue weighted by Crippen LogP contribution is 2.25. The zero-order valence-corrected chi connectivity index (χ0v) is 17.1. The standard InChI is InChI=1S/C24H23N5/c1-16-9-11-19(12-10-16)15-29-18(3)21(17(2)27-29)13-20(14-25)24-26-22-7-5-6-8-23(22)28(24)4/h5-13H,15H2,1-4H3. The first-order valence-electron chi connectivity index (χ1n) is 9.61. The summed E-state index contributed by atoms with van der Waals surface area (Å²) in [5.41, 5.74) is 7.78. The van der Waals surface area contributed by atoms with Gasteiger partial charge in [-0.25, -0.2) is 4.98 Å². The second-order valence-corrected chi connectivity index (χ2v) is 7.38. The van der Waals surface area contributed by atoms with Gasteiger partial charge in [-0.2, -0.15) is 10.4 Å². The second-order valence-electron chi connectivity index (χ2n) is 7.38. The van der Waals surface area contributed by atoms with Crippen LogP contribution in [0.3, 0.4) is 0 Å². The molecule has 0 bridgehead atoms. The Kier molecular flexibility index (Phi) is 4.77. The normalized spacial score (nSPS) is 11.8. The average molecular weight is 381 g/mol. The molecule has 0 spiro atoms. The lowest BCUT2D eigenvalue weighted by Gasteiger charge is -2.06. The minimum Gasteiger partial charge on any atom is -0.327 e. The van der Waals surface area contributed by atoms with E-state index < -0.39 is 0 Å². The molecule has 144 valence electrons. The summed E-state index contributed by atoms with van der Waals surface area (Å²) in [7, 11) is 1.94. The van der Waals surface area contributed by atoms with Crippen molar-refractivity contribution in [1.82, 2.24) is 19.3 Å². The molecule has 0 atom stereocenters. The topological polar surface area (TPSA) is 59.4 Å². The Morgan fingerprint density at radius 3 is 2.48 bits per heavy atom. The third-order valence-electron chi connectivity index (χ3n) is 5.33. The number of fused-ring (bicyclic) bond motifs is 1. The predicted molar refractivity (Wildman–Crippen MR) is 116 cm³/mol. The van der Waals surface area contributed by atoms with Gasteiger partial charge in [0.05, 0.1) is 28.8 Å². The summed E-state index contributed by atoms with van der Waals surface area (Å²) < 4.78 is 3.96. The van der Waals surface area contributed by atoms with Gasteiger partial charge < -0.3 is 4.57 Å². The third kappa shape index (κ3) is 3.45. The molecule has 0 N–H and O–H groups in total. The molecule has 0 saturated heterocycles. The average Bonchev–Trinajstić information content (AvgIpc) is 3.19. The summed E-state index contributed by atoms with van der Waals surface area (Å²) in [6.07, 6.45) is 1.91. The molecule has 2 aromatic heterocycles. The molecule has 0 aliphatic carbocycles. The zero-order chi connectivity index (χ0) is 20.5. The van der Waals surface area contributed by atoms with Crippen LogP contribution in [0.15, 0.2) is 48.5 Å². The lowest BCUT2D eigenvalue weighted by Crippen LogP contribution is -2.04. The molecular formula is C24H23N5. The Morgan fingerprint density at radius 1 is 1.07 bits per heavy atom. The summed E-state index contributed by atoms with van der Waals surface area (Å²) >= 11 is 0. The molecule has 5 nitrogen and oxygen atoms in total. The van der Waals surface area contributed by atoms with E-state index in [1.165, 1.54) is 11.1 Å². The largest absolute Gasteiger partial charge is 0.327 e. The van der Waals surface area contributed by atoms with Crippen LogP contribution in [0.1, 0.15) is 33.9 Å². The Bertz CT molecular complexity index is 1260. The Labute approximate surface area is 170 Å². The SMILES string of the molecule is Cc1ccc(Cn2nc(C)c(C=C(C#N)c3nc4ccccc4n3C)c2C)cc1. The van der Waals surface area contributed by atoms with Gasteiger partial charge in [0.2, 0.25) is 0 Å². The van der Waals surface area contributed by atoms with E-state index in [0.717, 1.165) is 28.0 Å². The minimum atomic E-state index is 0.532. The van der Waals surface area contributed by atoms with Crippen molar-refractivity contribution in [3.8, 4) is 6.07 Å². The lowest BCUT2D eigenvalue weighted by atomic mass is 10.1. The van der Waals surface area contributed by atoms with Crippen LogP contribution in [0.4, 0.5) is 0 Å². The highest BCUT2D eigenvalue weighted by Gasteiger charge is 2.15. The molecule has 0 fully saturated rings. The number of aromatic nitrogens is 4. The number of para-hydroxylation sites is 2. The van der Waals surface area contributed by atoms with Gasteiger partial charge in [0.15, 0.2) is 5.82 Å². The zero-order valence-electron chi connectivity index (χ0n) is 17.1. The maximum absolute atomic E-state index is 9.84. The van der Waals surface area contributed by atoms with E-state index in [1.807, 2.05) is 60.5 Å². The van der Waals surface area contributed by atoms with Crippen molar-refractivity contribution >= 4 is 22.7 Å². The summed E-state index contributed by atoms with van der Waals surface area (Å²) in [6, 6.07) is 18.7. The minimum absolute atomic E-state index is 0.532. The van der Waals surface area contributed by atoms with Crippen molar-refractivity contribution in [2.75, 3.05) is 0 Å². The third-order valence-corrected chi connectivity index (χ3v) is 5.33. The molecule has 0 aliphatic heterocycles. The van der Waals surface area contributed by atoms with Crippen molar-refractivity contribution in [2.24, 2.45) is 7.05 Å². The fourth-order valence-electron chi connectivity index (χ4n) is 3.62. The van der Waals surface area contributed by atoms with Gasteiger partial charge in [-0.05, 0) is 44.5 Å². The van der Waals surface area contributed by atoms with Crippen molar-refractivity contribution in [3.05, 3.63) is 82.4 Å². The van der Waals surface area contributed by atoms with Gasteiger partial charge in [-0.3, -0.25) is 4.68 Å². The highest BCUT2D eigenvalue weighted by molar-refractivity contribution is 5.91. The Balaban J connectivity index is 1.74. The number of imidazole rings is 1. The van der Waals surface area contributed by atoms with Gasteiger partial charge >= 0.3 is 0 Å². The molecule has 2 aromatic carbocycles. The van der Waals surface area contributed by atoms with E-state index in [0.29, 0.717) is 17.9 Å². The maximum Gasteiger partial charge on any atom is 0.151 e. The fraction of sp³-hybridized carbons (Fsp3) is 0.208. The number of allylic oxidation sites excluding steroid dienone is 1. The smallest absolute Gasteiger partial charge is 0.151 e. The number of hydrogen-bond donors (Lipinski definition) is 0. The summed E-state index contributed by atoms with van der Waals surface area (Å²) in [4.78, 5) is 4.67. The van der Waals surface area contributed by atoms with E-state index in [1.54, 1.807) is 0 Å². The first-order chi connectivity index (χ1) is 14.0. The van der Waals surface area contributed by atoms with Gasteiger partial charge in [0, 0.05) is 18.3 Å². The molecule has 4 rings (SSSR count). The molecule has 29 heavy (non-hydrogen) atoms. The quantitative estimate of drug-likeness (QED) is 0.477. The summed E-state index contributed by atoms with van der Waals surface area (Å²) in [6.45, 7) is 6.81. The number of aryl methyl sites for hydroxylation is 3. The number of benzene rings is 2. The van der Waals surface area contributed by atoms with E-state index in [-0.39, 0.29) is 0 Å². The van der Waals surface area contributed by atoms with Gasteiger partial charge in [0.1, 0.15) is 6.07 Å². The van der Waals surface area contributed by atoms with Crippen molar-refractivity contribution < 1.29 is 0 Å². The second kappa shape index (κ2) is 7.40. The van der Waals surface area contributed by atoms with Crippen LogP contribution in [0.5, 0.6) is 0 Å². The fourth-order valence-corrected chi connectivity index (χ4v) is 3.62. The monoisotopic (exact) mass is 381 g/mol. The number of hydrogen-bond acceptors (Lipinski definition) is 3. The van der Waals surface area contributed by atoms with E-state index in [4.69, 9.17) is 5.10 Å². The number of nitriles is 1. The van der Waals surface area contributed by atoms with Crippen molar-refractivity contribution in [1.29, 1.82) is 5.26 Å². The molecule has 0 unspecified atom stereocenters. The Hall–Kier alpha value is -3.65. The molecule has 2 heterocycles. The molecule has 5 heteroatoms. The van der Waals surface area contributed by atoms with Crippen LogP contribution in [0.2, 0.25) is 0 Å². The molecule has 0 saturated carbocycles. The molecule has 0 amide bonds. The number of nitrogens with zero attached hydrogens (tertiary/aromatic N) is 5. The first kappa shape index (κ1) is 18.7. The summed E-state index contributed by atoms with van der Waals surface area (Å²) in [5, 5.41) is 14.6. The van der Waals surface area contributed by atoms with Crippen molar-refractivity contribution in [3.63, 3.8) is 0 Å². The molecule has 0 radical (unpaired) electrons. The van der Waals surface area contributed by atoms with Crippen LogP contribution >= 0.6 is 0 Å². The van der Waals surface area contributed by atoms with Crippen LogP contribution in [0, 0.1) is 32.1 Å². The van der Waals surface area contributed by atoms with Crippen molar-refractivity contribution in [2.45, 2.75) is 27.3 Å². The van der Waals surface area contributed by atoms with Crippen LogP contribution in [-0.2, 0) is 13.6 Å². The van der Waals surface area contributed by atoms with Gasteiger partial charge in [-0.1, -0.05) is 42.0 Å². The first-order valence-corrected chi connectivity index (χ1v) is 9.61. The van der Waals surface area contributed by atoms with Crippen LogP contribution in [-0.4, -0.2) is 19.3 Å². The molecule has 0 aliphatic rings. The molecule has 4 aromatic rings. The summed E-state index contributed by atoms with van der Waals surface area (Å²) in [5.74, 6) is 0.666. The molecular weight excluding hydrogens is 358 g/mol. The van der Waals surface area contributed by atoms with Crippen LogP contribution < -0.4 is 0 Å². The van der Waals surface area contributed by atoms with E-state index in [9.17, 15) is 5.26 Å². The lowest BCUT2D eigenvalue weighted by molar-refractivity contribution is 0.659. The van der Waals surface area contributed by atoms with Gasteiger partial charge in [0.25, 0.3) is 0 Å². The highest BCUT2D eigenvalue weighted by atomic mass is 15.3. The number of rotatable bonds is 4.